The van der Waals surface area contributed by atoms with Crippen LogP contribution in [0.1, 0.15) is 33.3 Å². The van der Waals surface area contributed by atoms with Crippen LogP contribution in [0.15, 0.2) is 12.3 Å². The second-order valence-electron chi connectivity index (χ2n) is 5.79. The average molecular weight is 281 g/mol. The SMILES string of the molecule is Cc1cnc(NC(C)(C)C(C)(C)C(=O)O)cc1[N+](=O)[O-]. The number of aryl methyl sites for hydroxylation is 1. The summed E-state index contributed by atoms with van der Waals surface area (Å²) in [7, 11) is 0. The summed E-state index contributed by atoms with van der Waals surface area (Å²) in [6.07, 6.45) is 1.39. The molecule has 0 radical (unpaired) electrons. The average Bonchev–Trinajstić information content (AvgIpc) is 2.30. The molecule has 7 heteroatoms. The van der Waals surface area contributed by atoms with Crippen LogP contribution in [0.25, 0.3) is 0 Å². The molecule has 0 spiro atoms. The van der Waals surface area contributed by atoms with Gasteiger partial charge < -0.3 is 10.4 Å². The maximum atomic E-state index is 11.3. The summed E-state index contributed by atoms with van der Waals surface area (Å²) in [5.41, 5.74) is -1.51. The van der Waals surface area contributed by atoms with Gasteiger partial charge in [0, 0.05) is 17.3 Å². The molecule has 0 atom stereocenters. The van der Waals surface area contributed by atoms with Crippen molar-refractivity contribution >= 4 is 17.5 Å². The van der Waals surface area contributed by atoms with Crippen molar-refractivity contribution in [2.24, 2.45) is 5.41 Å². The molecule has 0 bridgehead atoms. The third kappa shape index (κ3) is 2.87. The highest BCUT2D eigenvalue weighted by molar-refractivity contribution is 5.76. The molecule has 7 nitrogen and oxygen atoms in total. The zero-order chi connectivity index (χ0) is 15.7. The van der Waals surface area contributed by atoms with Crippen molar-refractivity contribution in [3.63, 3.8) is 0 Å². The molecule has 1 rings (SSSR count). The standard InChI is InChI=1S/C13H19N3O4/c1-8-7-14-10(6-9(8)16(19)20)15-13(4,5)12(2,3)11(17)18/h6-7H,1-5H3,(H,14,15)(H,17,18). The Morgan fingerprint density at radius 3 is 2.40 bits per heavy atom. The van der Waals surface area contributed by atoms with Crippen molar-refractivity contribution in [1.29, 1.82) is 0 Å². The number of aliphatic carboxylic acids is 1. The number of hydrogen-bond donors (Lipinski definition) is 2. The van der Waals surface area contributed by atoms with Gasteiger partial charge in [-0.25, -0.2) is 4.98 Å². The Balaban J connectivity index is 3.13. The summed E-state index contributed by atoms with van der Waals surface area (Å²) in [6.45, 7) is 8.21. The van der Waals surface area contributed by atoms with Gasteiger partial charge in [-0.1, -0.05) is 0 Å². The second-order valence-corrected chi connectivity index (χ2v) is 5.79. The van der Waals surface area contributed by atoms with Crippen LogP contribution in [0.4, 0.5) is 11.5 Å². The lowest BCUT2D eigenvalue weighted by atomic mass is 9.74. The number of carboxylic acid groups (broad SMARTS) is 1. The van der Waals surface area contributed by atoms with Crippen LogP contribution in [0.5, 0.6) is 0 Å². The minimum atomic E-state index is -1.08. The Kier molecular flexibility index (Phi) is 4.02. The Bertz CT molecular complexity index is 553. The molecule has 0 aliphatic carbocycles. The molecule has 0 fully saturated rings. The molecule has 110 valence electrons. The van der Waals surface area contributed by atoms with Crippen LogP contribution in [0.3, 0.4) is 0 Å². The van der Waals surface area contributed by atoms with E-state index in [4.69, 9.17) is 0 Å². The van der Waals surface area contributed by atoms with E-state index in [1.807, 2.05) is 0 Å². The van der Waals surface area contributed by atoms with Crippen molar-refractivity contribution in [2.75, 3.05) is 5.32 Å². The maximum absolute atomic E-state index is 11.3. The van der Waals surface area contributed by atoms with E-state index in [0.717, 1.165) is 0 Å². The van der Waals surface area contributed by atoms with Gasteiger partial charge in [0.25, 0.3) is 5.69 Å². The van der Waals surface area contributed by atoms with Crippen molar-refractivity contribution in [1.82, 2.24) is 4.98 Å². The second kappa shape index (κ2) is 5.07. The van der Waals surface area contributed by atoms with Crippen molar-refractivity contribution < 1.29 is 14.8 Å². The number of carboxylic acids is 1. The molecule has 20 heavy (non-hydrogen) atoms. The molecular weight excluding hydrogens is 262 g/mol. The zero-order valence-corrected chi connectivity index (χ0v) is 12.2. The number of pyridine rings is 1. The molecule has 1 aromatic rings. The fourth-order valence-corrected chi connectivity index (χ4v) is 1.52. The van der Waals surface area contributed by atoms with Crippen LogP contribution in [0, 0.1) is 22.5 Å². The van der Waals surface area contributed by atoms with Crippen LogP contribution in [-0.2, 0) is 4.79 Å². The summed E-state index contributed by atoms with van der Waals surface area (Å²) in [5, 5.41) is 23.1. The van der Waals surface area contributed by atoms with E-state index in [1.165, 1.54) is 12.3 Å². The number of rotatable bonds is 5. The van der Waals surface area contributed by atoms with Gasteiger partial charge in [0.1, 0.15) is 5.82 Å². The molecule has 2 N–H and O–H groups in total. The largest absolute Gasteiger partial charge is 0.481 e. The fourth-order valence-electron chi connectivity index (χ4n) is 1.52. The molecule has 0 aromatic carbocycles. The number of anilines is 1. The van der Waals surface area contributed by atoms with E-state index in [-0.39, 0.29) is 11.5 Å². The first-order valence-electron chi connectivity index (χ1n) is 6.11. The quantitative estimate of drug-likeness (QED) is 0.634. The first-order valence-corrected chi connectivity index (χ1v) is 6.11. The molecule has 1 heterocycles. The Hall–Kier alpha value is -2.18. The van der Waals surface area contributed by atoms with Gasteiger partial charge in [0.05, 0.1) is 16.4 Å². The number of nitro groups is 1. The van der Waals surface area contributed by atoms with E-state index in [1.54, 1.807) is 34.6 Å². The lowest BCUT2D eigenvalue weighted by Crippen LogP contribution is -2.50. The molecule has 0 saturated heterocycles. The summed E-state index contributed by atoms with van der Waals surface area (Å²) < 4.78 is 0. The van der Waals surface area contributed by atoms with E-state index in [2.05, 4.69) is 10.3 Å². The summed E-state index contributed by atoms with van der Waals surface area (Å²) in [6, 6.07) is 1.31. The predicted octanol–water partition coefficient (Wildman–Crippen LogP) is 2.60. The van der Waals surface area contributed by atoms with Gasteiger partial charge in [0.15, 0.2) is 0 Å². The normalized spacial score (nSPS) is 12.1. The lowest BCUT2D eigenvalue weighted by molar-refractivity contribution is -0.385. The van der Waals surface area contributed by atoms with E-state index < -0.39 is 21.8 Å². The molecule has 0 amide bonds. The van der Waals surface area contributed by atoms with Crippen LogP contribution < -0.4 is 5.32 Å². The number of nitrogens with one attached hydrogen (secondary N) is 1. The van der Waals surface area contributed by atoms with Gasteiger partial charge in [-0.05, 0) is 34.6 Å². The Morgan fingerprint density at radius 1 is 1.40 bits per heavy atom. The number of carbonyl (C=O) groups is 1. The summed E-state index contributed by atoms with van der Waals surface area (Å²) >= 11 is 0. The van der Waals surface area contributed by atoms with Gasteiger partial charge in [-0.2, -0.15) is 0 Å². The van der Waals surface area contributed by atoms with E-state index in [0.29, 0.717) is 5.56 Å². The topological polar surface area (TPSA) is 105 Å². The predicted molar refractivity (Wildman–Crippen MR) is 74.7 cm³/mol. The van der Waals surface area contributed by atoms with Gasteiger partial charge in [0.2, 0.25) is 0 Å². The molecule has 0 saturated carbocycles. The van der Waals surface area contributed by atoms with Gasteiger partial charge >= 0.3 is 5.97 Å². The Labute approximate surface area is 117 Å². The zero-order valence-electron chi connectivity index (χ0n) is 12.2. The van der Waals surface area contributed by atoms with E-state index >= 15 is 0 Å². The van der Waals surface area contributed by atoms with Crippen LogP contribution in [0.2, 0.25) is 0 Å². The highest BCUT2D eigenvalue weighted by Crippen LogP contribution is 2.34. The van der Waals surface area contributed by atoms with Gasteiger partial charge in [-0.15, -0.1) is 0 Å². The third-order valence-corrected chi connectivity index (χ3v) is 3.81. The van der Waals surface area contributed by atoms with Crippen LogP contribution >= 0.6 is 0 Å². The van der Waals surface area contributed by atoms with Crippen LogP contribution in [-0.4, -0.2) is 26.5 Å². The molecule has 1 aromatic heterocycles. The van der Waals surface area contributed by atoms with Crippen molar-refractivity contribution in [3.8, 4) is 0 Å². The smallest absolute Gasteiger partial charge is 0.311 e. The molecular formula is C13H19N3O4. The first kappa shape index (κ1) is 15.9. The maximum Gasteiger partial charge on any atom is 0.311 e. The number of hydrogen-bond acceptors (Lipinski definition) is 5. The minimum absolute atomic E-state index is 0.0496. The fraction of sp³-hybridized carbons (Fsp3) is 0.538. The highest BCUT2D eigenvalue weighted by Gasteiger charge is 2.43. The van der Waals surface area contributed by atoms with E-state index in [9.17, 15) is 20.0 Å². The molecule has 0 unspecified atom stereocenters. The van der Waals surface area contributed by atoms with Gasteiger partial charge in [-0.3, -0.25) is 14.9 Å². The highest BCUT2D eigenvalue weighted by atomic mass is 16.6. The monoisotopic (exact) mass is 281 g/mol. The van der Waals surface area contributed by atoms with Crippen molar-refractivity contribution in [2.45, 2.75) is 40.2 Å². The molecule has 0 aliphatic heterocycles. The summed E-state index contributed by atoms with van der Waals surface area (Å²) in [4.78, 5) is 25.8. The minimum Gasteiger partial charge on any atom is -0.481 e. The lowest BCUT2D eigenvalue weighted by Gasteiger charge is -2.39. The van der Waals surface area contributed by atoms with Crippen molar-refractivity contribution in [3.05, 3.63) is 27.9 Å². The number of aromatic nitrogens is 1. The number of nitrogens with zero attached hydrogens (tertiary/aromatic N) is 2. The molecule has 0 aliphatic rings. The summed E-state index contributed by atoms with van der Waals surface area (Å²) in [5.74, 6) is -0.682. The first-order chi connectivity index (χ1) is 8.99. The Morgan fingerprint density at radius 2 is 1.95 bits per heavy atom. The third-order valence-electron chi connectivity index (χ3n) is 3.81.